The molecule has 5 rings (SSSR count). The first-order chi connectivity index (χ1) is 13.4. The molecule has 7 nitrogen and oxygen atoms in total. The summed E-state index contributed by atoms with van der Waals surface area (Å²) in [5.41, 5.74) is 0.360. The minimum atomic E-state index is -4.86. The van der Waals surface area contributed by atoms with Crippen LogP contribution in [0.3, 0.4) is 0 Å². The number of carbonyl (C=O) groups excluding carboxylic acids is 1. The van der Waals surface area contributed by atoms with Gasteiger partial charge in [-0.25, -0.2) is 9.36 Å². The second-order valence-corrected chi connectivity index (χ2v) is 7.59. The maximum atomic E-state index is 12.9. The van der Waals surface area contributed by atoms with E-state index in [1.54, 1.807) is 48.5 Å². The molecule has 28 heavy (non-hydrogen) atoms. The van der Waals surface area contributed by atoms with Crippen LogP contribution in [0.4, 0.5) is 0 Å². The zero-order valence-corrected chi connectivity index (χ0v) is 15.1. The van der Waals surface area contributed by atoms with Crippen molar-refractivity contribution in [3.63, 3.8) is 0 Å². The van der Waals surface area contributed by atoms with E-state index in [0.717, 1.165) is 0 Å². The van der Waals surface area contributed by atoms with Gasteiger partial charge in [-0.2, -0.15) is 0 Å². The van der Waals surface area contributed by atoms with E-state index in [1.807, 2.05) is 12.1 Å². The predicted molar refractivity (Wildman–Crippen MR) is 97.4 cm³/mol. The van der Waals surface area contributed by atoms with Crippen molar-refractivity contribution in [3.8, 4) is 17.2 Å². The molecule has 2 N–H and O–H groups in total. The highest BCUT2D eigenvalue weighted by atomic mass is 31.2. The average Bonchev–Trinajstić information content (AvgIpc) is 2.95. The number of ether oxygens (including phenoxy) is 2. The number of hydrogen-bond acceptors (Lipinski definition) is 5. The number of hydrogen-bond donors (Lipinski definition) is 2. The Morgan fingerprint density at radius 1 is 0.821 bits per heavy atom. The van der Waals surface area contributed by atoms with Gasteiger partial charge in [0.25, 0.3) is 0 Å². The van der Waals surface area contributed by atoms with Crippen LogP contribution in [0.2, 0.25) is 0 Å². The third-order valence-electron chi connectivity index (χ3n) is 4.83. The van der Waals surface area contributed by atoms with E-state index >= 15 is 0 Å². The maximum Gasteiger partial charge on any atom is 0.524 e. The molecular formula is C20H13O7P. The zero-order valence-electron chi connectivity index (χ0n) is 14.2. The van der Waals surface area contributed by atoms with E-state index in [0.29, 0.717) is 28.2 Å². The average molecular weight is 396 g/mol. The molecule has 1 spiro atoms. The van der Waals surface area contributed by atoms with Crippen LogP contribution in [-0.4, -0.2) is 15.8 Å². The van der Waals surface area contributed by atoms with E-state index in [1.165, 1.54) is 6.07 Å². The molecule has 0 aliphatic carbocycles. The number of benzene rings is 3. The molecule has 0 unspecified atom stereocenters. The van der Waals surface area contributed by atoms with Gasteiger partial charge in [-0.15, -0.1) is 0 Å². The lowest BCUT2D eigenvalue weighted by molar-refractivity contribution is 0.0224. The van der Waals surface area contributed by atoms with Gasteiger partial charge in [0.15, 0.2) is 5.60 Å². The molecule has 0 radical (unpaired) electrons. The Morgan fingerprint density at radius 2 is 1.39 bits per heavy atom. The van der Waals surface area contributed by atoms with Crippen LogP contribution in [0.5, 0.6) is 17.2 Å². The van der Waals surface area contributed by atoms with Gasteiger partial charge < -0.3 is 14.0 Å². The molecule has 0 bridgehead atoms. The van der Waals surface area contributed by atoms with Crippen LogP contribution in [-0.2, 0) is 14.9 Å². The summed E-state index contributed by atoms with van der Waals surface area (Å²) < 4.78 is 28.0. The summed E-state index contributed by atoms with van der Waals surface area (Å²) in [7, 11) is -4.86. The minimum absolute atomic E-state index is 0.0164. The van der Waals surface area contributed by atoms with Gasteiger partial charge in [0.2, 0.25) is 0 Å². The van der Waals surface area contributed by atoms with Crippen molar-refractivity contribution in [2.75, 3.05) is 0 Å². The van der Waals surface area contributed by atoms with E-state index in [-0.39, 0.29) is 11.3 Å². The first-order valence-corrected chi connectivity index (χ1v) is 9.92. The predicted octanol–water partition coefficient (Wildman–Crippen LogP) is 3.73. The second kappa shape index (κ2) is 5.69. The fraction of sp³-hybridized carbons (Fsp3) is 0.0500. The van der Waals surface area contributed by atoms with Gasteiger partial charge in [-0.1, -0.05) is 48.5 Å². The first-order valence-electron chi connectivity index (χ1n) is 8.39. The van der Waals surface area contributed by atoms with E-state index < -0.39 is 19.4 Å². The van der Waals surface area contributed by atoms with Crippen LogP contribution in [0.25, 0.3) is 0 Å². The SMILES string of the molecule is O=C1OC2(c3ccccc3Oc3ccccc32)c2cccc(OP(=O)(O)O)c21. The molecule has 0 fully saturated rings. The molecular weight excluding hydrogens is 383 g/mol. The number of para-hydroxylation sites is 2. The monoisotopic (exact) mass is 396 g/mol. The first kappa shape index (κ1) is 17.0. The minimum Gasteiger partial charge on any atom is -0.456 e. The van der Waals surface area contributed by atoms with Crippen molar-refractivity contribution in [3.05, 3.63) is 89.0 Å². The van der Waals surface area contributed by atoms with Crippen molar-refractivity contribution in [1.82, 2.24) is 0 Å². The van der Waals surface area contributed by atoms with E-state index in [4.69, 9.17) is 14.0 Å². The standard InChI is InChI=1S/C20H13O7P/c21-19-18-14(8-5-11-17(18)27-28(22,23)24)20(26-19)12-6-1-3-9-15(12)25-16-10-4-2-7-13(16)20/h1-11H,(H2,22,23,24). The van der Waals surface area contributed by atoms with Gasteiger partial charge in [-0.05, 0) is 18.2 Å². The Morgan fingerprint density at radius 3 is 2.00 bits per heavy atom. The Balaban J connectivity index is 1.84. The second-order valence-electron chi connectivity index (χ2n) is 6.43. The molecule has 2 heterocycles. The number of phosphoric ester groups is 1. The third-order valence-corrected chi connectivity index (χ3v) is 5.26. The quantitative estimate of drug-likeness (QED) is 0.503. The Kier molecular flexibility index (Phi) is 3.46. The van der Waals surface area contributed by atoms with Crippen LogP contribution < -0.4 is 9.26 Å². The lowest BCUT2D eigenvalue weighted by Gasteiger charge is -2.36. The molecule has 0 saturated heterocycles. The fourth-order valence-corrected chi connectivity index (χ4v) is 4.25. The van der Waals surface area contributed by atoms with Crippen LogP contribution >= 0.6 is 7.82 Å². The topological polar surface area (TPSA) is 102 Å². The molecule has 2 aliphatic rings. The summed E-state index contributed by atoms with van der Waals surface area (Å²) in [6.45, 7) is 0. The molecule has 140 valence electrons. The van der Waals surface area contributed by atoms with Crippen molar-refractivity contribution in [2.45, 2.75) is 5.60 Å². The van der Waals surface area contributed by atoms with E-state index in [2.05, 4.69) is 0 Å². The normalized spacial score (nSPS) is 15.9. The van der Waals surface area contributed by atoms with Crippen LogP contribution in [0.15, 0.2) is 66.7 Å². The summed E-state index contributed by atoms with van der Waals surface area (Å²) in [5, 5.41) is 0. The molecule has 0 amide bonds. The smallest absolute Gasteiger partial charge is 0.456 e. The maximum absolute atomic E-state index is 12.9. The molecule has 0 atom stereocenters. The summed E-state index contributed by atoms with van der Waals surface area (Å²) >= 11 is 0. The molecule has 0 aromatic heterocycles. The number of rotatable bonds is 2. The highest BCUT2D eigenvalue weighted by Gasteiger charge is 2.54. The van der Waals surface area contributed by atoms with Crippen molar-refractivity contribution in [2.24, 2.45) is 0 Å². The Bertz CT molecular complexity index is 1140. The van der Waals surface area contributed by atoms with Crippen LogP contribution in [0, 0.1) is 0 Å². The lowest BCUT2D eigenvalue weighted by atomic mass is 9.77. The number of fused-ring (bicyclic) bond motifs is 6. The van der Waals surface area contributed by atoms with Gasteiger partial charge in [0.05, 0.1) is 0 Å². The highest BCUT2D eigenvalue weighted by molar-refractivity contribution is 7.46. The Hall–Kier alpha value is -3.12. The van der Waals surface area contributed by atoms with Crippen molar-refractivity contribution >= 4 is 13.8 Å². The molecule has 3 aromatic rings. The molecule has 3 aromatic carbocycles. The molecule has 0 saturated carbocycles. The zero-order chi connectivity index (χ0) is 19.5. The van der Waals surface area contributed by atoms with Crippen molar-refractivity contribution in [1.29, 1.82) is 0 Å². The third kappa shape index (κ3) is 2.31. The number of carbonyl (C=O) groups is 1. The van der Waals surface area contributed by atoms with Crippen LogP contribution in [0.1, 0.15) is 27.0 Å². The van der Waals surface area contributed by atoms with E-state index in [9.17, 15) is 19.1 Å². The summed E-state index contributed by atoms with van der Waals surface area (Å²) in [6.07, 6.45) is 0. The summed E-state index contributed by atoms with van der Waals surface area (Å²) in [6, 6.07) is 18.9. The van der Waals surface area contributed by atoms with Gasteiger partial charge in [-0.3, -0.25) is 9.79 Å². The fourth-order valence-electron chi connectivity index (χ4n) is 3.84. The Labute approximate surface area is 159 Å². The largest absolute Gasteiger partial charge is 0.524 e. The van der Waals surface area contributed by atoms with Gasteiger partial charge in [0, 0.05) is 16.7 Å². The van der Waals surface area contributed by atoms with Crippen molar-refractivity contribution < 1.29 is 33.1 Å². The molecule has 2 aliphatic heterocycles. The van der Waals surface area contributed by atoms with Gasteiger partial charge >= 0.3 is 13.8 Å². The number of esters is 1. The lowest BCUT2D eigenvalue weighted by Crippen LogP contribution is -2.32. The summed E-state index contributed by atoms with van der Waals surface area (Å²) in [5.74, 6) is 0.103. The summed E-state index contributed by atoms with van der Waals surface area (Å²) in [4.78, 5) is 31.3. The molecule has 8 heteroatoms. The van der Waals surface area contributed by atoms with Gasteiger partial charge in [0.1, 0.15) is 22.8 Å². The number of phosphoric acid groups is 1. The highest BCUT2D eigenvalue weighted by Crippen LogP contribution is 2.57.